The van der Waals surface area contributed by atoms with Gasteiger partial charge in [-0.15, -0.1) is 0 Å². The summed E-state index contributed by atoms with van der Waals surface area (Å²) in [7, 11) is 1.79. The Balaban J connectivity index is 1.96. The molecule has 146 valence electrons. The van der Waals surface area contributed by atoms with Crippen molar-refractivity contribution in [3.05, 3.63) is 29.8 Å². The summed E-state index contributed by atoms with van der Waals surface area (Å²) >= 11 is 0. The molecule has 0 bridgehead atoms. The van der Waals surface area contributed by atoms with E-state index < -0.39 is 0 Å². The first-order valence-corrected chi connectivity index (χ1v) is 9.94. The third-order valence-corrected chi connectivity index (χ3v) is 5.10. The molecule has 0 heterocycles. The summed E-state index contributed by atoms with van der Waals surface area (Å²) in [6.45, 7) is 8.07. The summed E-state index contributed by atoms with van der Waals surface area (Å²) < 4.78 is 10.9. The molecule has 2 N–H and O–H groups in total. The van der Waals surface area contributed by atoms with Crippen LogP contribution in [0.3, 0.4) is 0 Å². The van der Waals surface area contributed by atoms with Crippen molar-refractivity contribution in [2.75, 3.05) is 33.4 Å². The zero-order valence-corrected chi connectivity index (χ0v) is 16.6. The van der Waals surface area contributed by atoms with E-state index in [1.165, 1.54) is 25.7 Å². The molecular weight excluding hydrogens is 326 g/mol. The second kappa shape index (κ2) is 11.1. The van der Waals surface area contributed by atoms with E-state index in [1.807, 2.05) is 19.1 Å². The lowest BCUT2D eigenvalue weighted by Gasteiger charge is -2.30. The van der Waals surface area contributed by atoms with Crippen molar-refractivity contribution >= 4 is 5.96 Å². The van der Waals surface area contributed by atoms with Gasteiger partial charge in [0, 0.05) is 26.8 Å². The number of hydrogen-bond acceptors (Lipinski definition) is 3. The summed E-state index contributed by atoms with van der Waals surface area (Å²) in [5, 5.41) is 6.94. The largest absolute Gasteiger partial charge is 0.494 e. The number of ether oxygens (including phenoxy) is 2. The molecule has 1 fully saturated rings. The van der Waals surface area contributed by atoms with Crippen LogP contribution in [0.2, 0.25) is 0 Å². The lowest BCUT2D eigenvalue weighted by molar-refractivity contribution is 0.138. The van der Waals surface area contributed by atoms with Crippen LogP contribution in [0.15, 0.2) is 29.3 Å². The number of benzene rings is 1. The quantitative estimate of drug-likeness (QED) is 0.492. The first-order valence-electron chi connectivity index (χ1n) is 9.94. The van der Waals surface area contributed by atoms with Crippen molar-refractivity contribution in [2.24, 2.45) is 10.4 Å². The number of aliphatic imine (C=N–C) groups is 1. The van der Waals surface area contributed by atoms with Crippen LogP contribution >= 0.6 is 0 Å². The molecule has 0 aliphatic heterocycles. The fraction of sp³-hybridized carbons (Fsp3) is 0.667. The maximum absolute atomic E-state index is 5.58. The van der Waals surface area contributed by atoms with Gasteiger partial charge in [-0.25, -0.2) is 4.99 Å². The van der Waals surface area contributed by atoms with Gasteiger partial charge in [-0.3, -0.25) is 0 Å². The molecule has 0 unspecified atom stereocenters. The molecule has 0 amide bonds. The maximum Gasteiger partial charge on any atom is 0.191 e. The summed E-state index contributed by atoms with van der Waals surface area (Å²) in [6, 6.07) is 8.16. The Kier molecular flexibility index (Phi) is 8.75. The van der Waals surface area contributed by atoms with E-state index in [1.54, 1.807) is 7.11 Å². The molecule has 0 spiro atoms. The van der Waals surface area contributed by atoms with Gasteiger partial charge in [-0.05, 0) is 56.2 Å². The van der Waals surface area contributed by atoms with E-state index in [2.05, 4.69) is 29.7 Å². The van der Waals surface area contributed by atoms with Gasteiger partial charge in [0.15, 0.2) is 5.96 Å². The minimum absolute atomic E-state index is 0.348. The zero-order valence-electron chi connectivity index (χ0n) is 16.6. The van der Waals surface area contributed by atoms with Gasteiger partial charge in [0.2, 0.25) is 0 Å². The Bertz CT molecular complexity index is 554. The Morgan fingerprint density at radius 2 is 2.00 bits per heavy atom. The van der Waals surface area contributed by atoms with E-state index >= 15 is 0 Å². The number of guanidine groups is 1. The smallest absolute Gasteiger partial charge is 0.191 e. The van der Waals surface area contributed by atoms with Crippen LogP contribution in [0.1, 0.15) is 51.5 Å². The minimum atomic E-state index is 0.348. The van der Waals surface area contributed by atoms with Crippen molar-refractivity contribution in [1.82, 2.24) is 10.6 Å². The van der Waals surface area contributed by atoms with Gasteiger partial charge in [-0.2, -0.15) is 0 Å². The van der Waals surface area contributed by atoms with Crippen LogP contribution in [-0.2, 0) is 11.3 Å². The van der Waals surface area contributed by atoms with Crippen LogP contribution in [-0.4, -0.2) is 39.4 Å². The summed E-state index contributed by atoms with van der Waals surface area (Å²) in [6.07, 6.45) is 6.32. The Morgan fingerprint density at radius 3 is 2.69 bits per heavy atom. The van der Waals surface area contributed by atoms with E-state index in [4.69, 9.17) is 14.5 Å². The molecule has 0 atom stereocenters. The third kappa shape index (κ3) is 6.52. The van der Waals surface area contributed by atoms with Crippen molar-refractivity contribution in [1.29, 1.82) is 0 Å². The molecule has 1 aliphatic rings. The zero-order chi connectivity index (χ0) is 18.7. The summed E-state index contributed by atoms with van der Waals surface area (Å²) in [5.41, 5.74) is 1.50. The molecule has 2 rings (SSSR count). The fourth-order valence-corrected chi connectivity index (χ4v) is 3.64. The number of nitrogens with one attached hydrogen (secondary N) is 2. The molecular formula is C21H35N3O2. The van der Waals surface area contributed by atoms with Crippen LogP contribution in [0.25, 0.3) is 0 Å². The molecule has 0 aromatic heterocycles. The average Bonchev–Trinajstić information content (AvgIpc) is 3.12. The highest BCUT2D eigenvalue weighted by molar-refractivity contribution is 5.79. The SMILES string of the molecule is CCNC(=NCc1cccc(OCC)c1)NCC1(CCOC)CCCC1. The molecule has 0 radical (unpaired) electrons. The number of rotatable bonds is 10. The molecule has 1 aromatic carbocycles. The maximum atomic E-state index is 5.58. The molecule has 1 aromatic rings. The van der Waals surface area contributed by atoms with Crippen LogP contribution < -0.4 is 15.4 Å². The van der Waals surface area contributed by atoms with Gasteiger partial charge in [0.25, 0.3) is 0 Å². The first-order chi connectivity index (χ1) is 12.7. The van der Waals surface area contributed by atoms with E-state index in [0.717, 1.165) is 43.4 Å². The summed E-state index contributed by atoms with van der Waals surface area (Å²) in [4.78, 5) is 4.76. The Hall–Kier alpha value is -1.75. The van der Waals surface area contributed by atoms with Crippen molar-refractivity contribution in [3.63, 3.8) is 0 Å². The van der Waals surface area contributed by atoms with E-state index in [0.29, 0.717) is 18.6 Å². The van der Waals surface area contributed by atoms with E-state index in [-0.39, 0.29) is 0 Å². The molecule has 5 heteroatoms. The Labute approximate surface area is 158 Å². The standard InChI is InChI=1S/C21H35N3O2/c1-4-22-20(23-16-18-9-8-10-19(15-18)26-5-2)24-17-21(13-14-25-3)11-6-7-12-21/h8-10,15H,4-7,11-14,16-17H2,1-3H3,(H2,22,23,24). The van der Waals surface area contributed by atoms with Crippen LogP contribution in [0.4, 0.5) is 0 Å². The molecule has 26 heavy (non-hydrogen) atoms. The molecule has 5 nitrogen and oxygen atoms in total. The third-order valence-electron chi connectivity index (χ3n) is 5.10. The van der Waals surface area contributed by atoms with Gasteiger partial charge in [0.05, 0.1) is 13.2 Å². The van der Waals surface area contributed by atoms with Gasteiger partial charge >= 0.3 is 0 Å². The highest BCUT2D eigenvalue weighted by Gasteiger charge is 2.33. The average molecular weight is 362 g/mol. The molecule has 0 saturated heterocycles. The first kappa shape index (κ1) is 20.6. The second-order valence-electron chi connectivity index (χ2n) is 7.08. The normalized spacial score (nSPS) is 16.5. The van der Waals surface area contributed by atoms with Gasteiger partial charge in [0.1, 0.15) is 5.75 Å². The highest BCUT2D eigenvalue weighted by Crippen LogP contribution is 2.40. The van der Waals surface area contributed by atoms with Crippen LogP contribution in [0.5, 0.6) is 5.75 Å². The van der Waals surface area contributed by atoms with Gasteiger partial charge < -0.3 is 20.1 Å². The topological polar surface area (TPSA) is 54.9 Å². The number of nitrogens with zero attached hydrogens (tertiary/aromatic N) is 1. The molecule has 1 saturated carbocycles. The van der Waals surface area contributed by atoms with Gasteiger partial charge in [-0.1, -0.05) is 25.0 Å². The van der Waals surface area contributed by atoms with E-state index in [9.17, 15) is 0 Å². The molecule has 1 aliphatic carbocycles. The number of methoxy groups -OCH3 is 1. The predicted octanol–water partition coefficient (Wildman–Crippen LogP) is 3.74. The van der Waals surface area contributed by atoms with Crippen molar-refractivity contribution in [3.8, 4) is 5.75 Å². The summed E-state index contributed by atoms with van der Waals surface area (Å²) in [5.74, 6) is 1.79. The Morgan fingerprint density at radius 1 is 1.19 bits per heavy atom. The van der Waals surface area contributed by atoms with Crippen LogP contribution in [0, 0.1) is 5.41 Å². The number of hydrogen-bond donors (Lipinski definition) is 2. The minimum Gasteiger partial charge on any atom is -0.494 e. The monoisotopic (exact) mass is 361 g/mol. The predicted molar refractivity (Wildman–Crippen MR) is 108 cm³/mol. The van der Waals surface area contributed by atoms with Crippen molar-refractivity contribution in [2.45, 2.75) is 52.5 Å². The van der Waals surface area contributed by atoms with Crippen molar-refractivity contribution < 1.29 is 9.47 Å². The lowest BCUT2D eigenvalue weighted by Crippen LogP contribution is -2.43. The highest BCUT2D eigenvalue weighted by atomic mass is 16.5. The lowest BCUT2D eigenvalue weighted by atomic mass is 9.83. The fourth-order valence-electron chi connectivity index (χ4n) is 3.64. The second-order valence-corrected chi connectivity index (χ2v) is 7.08.